The highest BCUT2D eigenvalue weighted by Gasteiger charge is 1.99. The molecule has 12 heavy (non-hydrogen) atoms. The van der Waals surface area contributed by atoms with Gasteiger partial charge in [-0.25, -0.2) is 0 Å². The molecule has 3 heteroatoms. The lowest BCUT2D eigenvalue weighted by atomic mass is 10.2. The number of carbonyl (C=O) groups excluding carboxylic acids is 1. The number of nitrogens with two attached hydrogens (primary N) is 1. The summed E-state index contributed by atoms with van der Waals surface area (Å²) < 4.78 is 0. The zero-order valence-corrected chi connectivity index (χ0v) is 8.10. The molecule has 0 aliphatic carbocycles. The van der Waals surface area contributed by atoms with E-state index >= 15 is 0 Å². The average Bonchev–Trinajstić information content (AvgIpc) is 1.98. The van der Waals surface area contributed by atoms with E-state index in [9.17, 15) is 4.79 Å². The fraction of sp³-hybridized carbons (Fsp3) is 0.889. The van der Waals surface area contributed by atoms with E-state index in [0.717, 1.165) is 13.0 Å². The number of primary amides is 1. The van der Waals surface area contributed by atoms with Crippen molar-refractivity contribution in [2.24, 2.45) is 5.73 Å². The van der Waals surface area contributed by atoms with Gasteiger partial charge in [0.05, 0.1) is 0 Å². The number of amides is 1. The average molecular weight is 172 g/mol. The van der Waals surface area contributed by atoms with E-state index in [-0.39, 0.29) is 5.91 Å². The number of hydrogen-bond acceptors (Lipinski definition) is 2. The Morgan fingerprint density at radius 3 is 2.75 bits per heavy atom. The molecular formula is C9H20N2O. The number of carbonyl (C=O) groups is 1. The fourth-order valence-electron chi connectivity index (χ4n) is 1.15. The Kier molecular flexibility index (Phi) is 6.76. The molecule has 0 fully saturated rings. The van der Waals surface area contributed by atoms with Crippen molar-refractivity contribution in [1.29, 1.82) is 0 Å². The van der Waals surface area contributed by atoms with Crippen molar-refractivity contribution in [3.05, 3.63) is 0 Å². The molecule has 0 heterocycles. The molecule has 0 aliphatic heterocycles. The van der Waals surface area contributed by atoms with Gasteiger partial charge in [0, 0.05) is 12.5 Å². The monoisotopic (exact) mass is 172 g/mol. The van der Waals surface area contributed by atoms with Crippen molar-refractivity contribution < 1.29 is 4.79 Å². The summed E-state index contributed by atoms with van der Waals surface area (Å²) in [7, 11) is 0. The topological polar surface area (TPSA) is 55.1 Å². The number of hydrogen-bond donors (Lipinski definition) is 2. The van der Waals surface area contributed by atoms with E-state index in [1.54, 1.807) is 0 Å². The van der Waals surface area contributed by atoms with Gasteiger partial charge in [-0.3, -0.25) is 4.79 Å². The predicted molar refractivity (Wildman–Crippen MR) is 50.8 cm³/mol. The van der Waals surface area contributed by atoms with Crippen molar-refractivity contribution in [2.45, 2.75) is 45.6 Å². The molecule has 0 saturated heterocycles. The Labute approximate surface area is 74.7 Å². The Hall–Kier alpha value is -0.570. The van der Waals surface area contributed by atoms with Crippen LogP contribution in [0.1, 0.15) is 39.5 Å². The van der Waals surface area contributed by atoms with E-state index in [0.29, 0.717) is 12.5 Å². The lowest BCUT2D eigenvalue weighted by Gasteiger charge is -2.11. The molecule has 0 spiro atoms. The van der Waals surface area contributed by atoms with Crippen molar-refractivity contribution in [2.75, 3.05) is 6.54 Å². The van der Waals surface area contributed by atoms with Gasteiger partial charge in [-0.15, -0.1) is 0 Å². The molecule has 0 rings (SSSR count). The predicted octanol–water partition coefficient (Wildman–Crippen LogP) is 1.03. The Morgan fingerprint density at radius 1 is 1.58 bits per heavy atom. The molecule has 72 valence electrons. The lowest BCUT2D eigenvalue weighted by molar-refractivity contribution is -0.118. The number of nitrogens with one attached hydrogen (secondary N) is 1. The maximum atomic E-state index is 10.4. The molecule has 0 aromatic carbocycles. The van der Waals surface area contributed by atoms with Gasteiger partial charge in [0.15, 0.2) is 0 Å². The van der Waals surface area contributed by atoms with Crippen LogP contribution in [0.25, 0.3) is 0 Å². The van der Waals surface area contributed by atoms with Crippen molar-refractivity contribution in [3.8, 4) is 0 Å². The number of rotatable bonds is 7. The van der Waals surface area contributed by atoms with Crippen LogP contribution in [0.4, 0.5) is 0 Å². The second kappa shape index (κ2) is 7.10. The zero-order chi connectivity index (χ0) is 9.40. The largest absolute Gasteiger partial charge is 0.370 e. The van der Waals surface area contributed by atoms with E-state index in [1.807, 2.05) is 0 Å². The molecule has 1 unspecified atom stereocenters. The van der Waals surface area contributed by atoms with Crippen LogP contribution in [0.2, 0.25) is 0 Å². The van der Waals surface area contributed by atoms with Crippen LogP contribution in [0.5, 0.6) is 0 Å². The standard InChI is InChI=1S/C9H20N2O/c1-3-5-8(2)11-7-4-6-9(10)12/h8,11H,3-7H2,1-2H3,(H2,10,12). The molecule has 0 aliphatic rings. The summed E-state index contributed by atoms with van der Waals surface area (Å²) in [4.78, 5) is 10.4. The SMILES string of the molecule is CCCC(C)NCCCC(N)=O. The van der Waals surface area contributed by atoms with Gasteiger partial charge in [-0.2, -0.15) is 0 Å². The van der Waals surface area contributed by atoms with E-state index in [4.69, 9.17) is 5.73 Å². The summed E-state index contributed by atoms with van der Waals surface area (Å²) in [5, 5.41) is 3.33. The maximum absolute atomic E-state index is 10.4. The lowest BCUT2D eigenvalue weighted by Crippen LogP contribution is -2.27. The van der Waals surface area contributed by atoms with Crippen molar-refractivity contribution >= 4 is 5.91 Å². The minimum absolute atomic E-state index is 0.208. The molecule has 0 saturated carbocycles. The molecule has 0 aromatic heterocycles. The van der Waals surface area contributed by atoms with Crippen LogP contribution in [-0.2, 0) is 4.79 Å². The van der Waals surface area contributed by atoms with Gasteiger partial charge in [0.2, 0.25) is 5.91 Å². The van der Waals surface area contributed by atoms with Crippen LogP contribution >= 0.6 is 0 Å². The van der Waals surface area contributed by atoms with Crippen LogP contribution in [0, 0.1) is 0 Å². The Balaban J connectivity index is 3.13. The summed E-state index contributed by atoms with van der Waals surface area (Å²) in [6.45, 7) is 5.22. The first-order chi connectivity index (χ1) is 5.66. The summed E-state index contributed by atoms with van der Waals surface area (Å²) in [5.41, 5.74) is 5.00. The van der Waals surface area contributed by atoms with E-state index < -0.39 is 0 Å². The fourth-order valence-corrected chi connectivity index (χ4v) is 1.15. The Bertz CT molecular complexity index is 126. The second-order valence-corrected chi connectivity index (χ2v) is 3.21. The van der Waals surface area contributed by atoms with E-state index in [2.05, 4.69) is 19.2 Å². The summed E-state index contributed by atoms with van der Waals surface area (Å²) in [6.07, 6.45) is 3.73. The van der Waals surface area contributed by atoms with E-state index in [1.165, 1.54) is 12.8 Å². The van der Waals surface area contributed by atoms with Crippen LogP contribution < -0.4 is 11.1 Å². The first-order valence-corrected chi connectivity index (χ1v) is 4.68. The third-order valence-electron chi connectivity index (χ3n) is 1.81. The minimum atomic E-state index is -0.208. The van der Waals surface area contributed by atoms with Gasteiger partial charge in [0.25, 0.3) is 0 Å². The third kappa shape index (κ3) is 7.54. The van der Waals surface area contributed by atoms with Crippen LogP contribution in [0.3, 0.4) is 0 Å². The van der Waals surface area contributed by atoms with Gasteiger partial charge >= 0.3 is 0 Å². The van der Waals surface area contributed by atoms with Crippen LogP contribution in [-0.4, -0.2) is 18.5 Å². The minimum Gasteiger partial charge on any atom is -0.370 e. The molecule has 3 nitrogen and oxygen atoms in total. The molecule has 3 N–H and O–H groups in total. The van der Waals surface area contributed by atoms with Gasteiger partial charge < -0.3 is 11.1 Å². The maximum Gasteiger partial charge on any atom is 0.217 e. The smallest absolute Gasteiger partial charge is 0.217 e. The molecule has 0 bridgehead atoms. The third-order valence-corrected chi connectivity index (χ3v) is 1.81. The highest BCUT2D eigenvalue weighted by Crippen LogP contribution is 1.95. The Morgan fingerprint density at radius 2 is 2.25 bits per heavy atom. The van der Waals surface area contributed by atoms with Crippen LogP contribution in [0.15, 0.2) is 0 Å². The summed E-state index contributed by atoms with van der Waals surface area (Å²) in [5.74, 6) is -0.208. The molecule has 1 atom stereocenters. The van der Waals surface area contributed by atoms with Gasteiger partial charge in [-0.05, 0) is 26.3 Å². The molecule has 0 radical (unpaired) electrons. The molecule has 0 aromatic rings. The van der Waals surface area contributed by atoms with Crippen molar-refractivity contribution in [3.63, 3.8) is 0 Å². The van der Waals surface area contributed by atoms with Crippen molar-refractivity contribution in [1.82, 2.24) is 5.32 Å². The first-order valence-electron chi connectivity index (χ1n) is 4.68. The van der Waals surface area contributed by atoms with Gasteiger partial charge in [0.1, 0.15) is 0 Å². The summed E-state index contributed by atoms with van der Waals surface area (Å²) in [6, 6.07) is 0.558. The normalized spacial score (nSPS) is 12.8. The highest BCUT2D eigenvalue weighted by atomic mass is 16.1. The zero-order valence-electron chi connectivity index (χ0n) is 8.10. The molecular weight excluding hydrogens is 152 g/mol. The first kappa shape index (κ1) is 11.4. The molecule has 1 amide bonds. The van der Waals surface area contributed by atoms with Gasteiger partial charge in [-0.1, -0.05) is 13.3 Å². The highest BCUT2D eigenvalue weighted by molar-refractivity contribution is 5.73. The second-order valence-electron chi connectivity index (χ2n) is 3.21. The quantitative estimate of drug-likeness (QED) is 0.563. The summed E-state index contributed by atoms with van der Waals surface area (Å²) >= 11 is 0.